The molecule has 0 unspecified atom stereocenters. The van der Waals surface area contributed by atoms with Gasteiger partial charge in [0.05, 0.1) is 0 Å². The van der Waals surface area contributed by atoms with Gasteiger partial charge < -0.3 is 14.8 Å². The van der Waals surface area contributed by atoms with E-state index in [1.807, 2.05) is 42.5 Å². The Morgan fingerprint density at radius 2 is 1.73 bits per heavy atom. The van der Waals surface area contributed by atoms with Crippen molar-refractivity contribution in [2.45, 2.75) is 19.6 Å². The van der Waals surface area contributed by atoms with Crippen LogP contribution in [-0.4, -0.2) is 20.6 Å². The Kier molecular flexibility index (Phi) is 4.70. The molecule has 0 bridgehead atoms. The van der Waals surface area contributed by atoms with Crippen LogP contribution in [0, 0.1) is 0 Å². The summed E-state index contributed by atoms with van der Waals surface area (Å²) in [6, 6.07) is 18.2. The van der Waals surface area contributed by atoms with Crippen LogP contribution >= 0.6 is 0 Å². The van der Waals surface area contributed by atoms with Gasteiger partial charge >= 0.3 is 12.1 Å². The number of aryl methyl sites for hydroxylation is 1. The van der Waals surface area contributed by atoms with Crippen molar-refractivity contribution in [3.05, 3.63) is 72.1 Å². The van der Waals surface area contributed by atoms with E-state index < -0.39 is 18.0 Å². The zero-order chi connectivity index (χ0) is 23.3. The molecule has 5 rings (SSSR count). The predicted octanol–water partition coefficient (Wildman–Crippen LogP) is 5.65. The first-order valence-corrected chi connectivity index (χ1v) is 10.1. The van der Waals surface area contributed by atoms with Crippen LogP contribution in [0.4, 0.5) is 13.2 Å². The number of alkyl halides is 3. The number of nitrogens with zero attached hydrogens (tertiary/aromatic N) is 3. The SMILES string of the molecule is CCn1c2ccccc2c2cc(-c3cc(-c4noc(C(F)(F)F)n4)ccc3C(N)=O)ccc21. The molecular weight excluding hydrogens is 433 g/mol. The lowest BCUT2D eigenvalue weighted by molar-refractivity contribution is -0.159. The molecule has 0 radical (unpaired) electrons. The average molecular weight is 450 g/mol. The summed E-state index contributed by atoms with van der Waals surface area (Å²) < 4.78 is 45.2. The molecule has 1 amide bonds. The van der Waals surface area contributed by atoms with Gasteiger partial charge in [-0.05, 0) is 48.4 Å². The maximum absolute atomic E-state index is 12.9. The summed E-state index contributed by atoms with van der Waals surface area (Å²) in [6.45, 7) is 2.85. The van der Waals surface area contributed by atoms with E-state index in [1.54, 1.807) is 6.07 Å². The molecule has 0 aliphatic rings. The van der Waals surface area contributed by atoms with Gasteiger partial charge in [0.15, 0.2) is 0 Å². The second-order valence-electron chi connectivity index (χ2n) is 7.54. The molecule has 166 valence electrons. The Bertz CT molecular complexity index is 1530. The first-order chi connectivity index (χ1) is 15.8. The van der Waals surface area contributed by atoms with Crippen molar-refractivity contribution in [2.24, 2.45) is 5.73 Å². The number of aromatic nitrogens is 3. The predicted molar refractivity (Wildman–Crippen MR) is 117 cm³/mol. The van der Waals surface area contributed by atoms with Gasteiger partial charge in [0.1, 0.15) is 0 Å². The first kappa shape index (κ1) is 20.7. The fourth-order valence-electron chi connectivity index (χ4n) is 4.15. The largest absolute Gasteiger partial charge is 0.471 e. The summed E-state index contributed by atoms with van der Waals surface area (Å²) in [5, 5.41) is 5.49. The number of halogens is 3. The molecule has 0 spiro atoms. The number of hydrogen-bond acceptors (Lipinski definition) is 4. The van der Waals surface area contributed by atoms with Gasteiger partial charge in [-0.2, -0.15) is 18.2 Å². The lowest BCUT2D eigenvalue weighted by Gasteiger charge is -2.10. The van der Waals surface area contributed by atoms with Crippen LogP contribution in [0.2, 0.25) is 0 Å². The average Bonchev–Trinajstić information content (AvgIpc) is 3.41. The molecule has 33 heavy (non-hydrogen) atoms. The second kappa shape index (κ2) is 7.47. The van der Waals surface area contributed by atoms with E-state index in [9.17, 15) is 18.0 Å². The maximum Gasteiger partial charge on any atom is 0.471 e. The van der Waals surface area contributed by atoms with Crippen LogP contribution in [0.3, 0.4) is 0 Å². The number of hydrogen-bond donors (Lipinski definition) is 1. The molecule has 9 heteroatoms. The van der Waals surface area contributed by atoms with Gasteiger partial charge in [0.25, 0.3) is 0 Å². The Morgan fingerprint density at radius 3 is 2.42 bits per heavy atom. The fraction of sp³-hybridized carbons (Fsp3) is 0.125. The van der Waals surface area contributed by atoms with Gasteiger partial charge in [-0.15, -0.1) is 0 Å². The van der Waals surface area contributed by atoms with Crippen LogP contribution in [0.5, 0.6) is 0 Å². The van der Waals surface area contributed by atoms with Gasteiger partial charge in [0, 0.05) is 39.5 Å². The minimum absolute atomic E-state index is 0.233. The molecule has 0 saturated carbocycles. The van der Waals surface area contributed by atoms with Crippen molar-refractivity contribution in [1.82, 2.24) is 14.7 Å². The summed E-state index contributed by atoms with van der Waals surface area (Å²) in [4.78, 5) is 15.6. The maximum atomic E-state index is 12.9. The summed E-state index contributed by atoms with van der Waals surface area (Å²) in [6.07, 6.45) is -4.75. The van der Waals surface area contributed by atoms with E-state index in [0.29, 0.717) is 11.1 Å². The highest BCUT2D eigenvalue weighted by Gasteiger charge is 2.38. The number of fused-ring (bicyclic) bond motifs is 3. The van der Waals surface area contributed by atoms with Crippen LogP contribution < -0.4 is 5.73 Å². The van der Waals surface area contributed by atoms with Crippen LogP contribution in [0.25, 0.3) is 44.3 Å². The van der Waals surface area contributed by atoms with Crippen LogP contribution in [0.1, 0.15) is 23.2 Å². The van der Waals surface area contributed by atoms with Gasteiger partial charge in [-0.3, -0.25) is 4.79 Å². The number of amides is 1. The number of carbonyl (C=O) groups excluding carboxylic acids is 1. The van der Waals surface area contributed by atoms with Crippen LogP contribution in [0.15, 0.2) is 65.2 Å². The standard InChI is InChI=1S/C24H17F3N4O2/c1-2-31-19-6-4-3-5-15(19)18-11-13(8-10-20(18)31)17-12-14(7-9-16(17)21(28)32)22-29-23(33-30-22)24(25,26)27/h3-12H,2H2,1H3,(H2,28,32). The molecule has 5 aromatic rings. The minimum atomic E-state index is -4.75. The Balaban J connectivity index is 1.71. The van der Waals surface area contributed by atoms with Crippen LogP contribution in [-0.2, 0) is 12.7 Å². The third-order valence-electron chi connectivity index (χ3n) is 5.61. The molecular formula is C24H17F3N4O2. The number of benzene rings is 3. The Labute approximate surface area is 185 Å². The molecule has 3 aromatic carbocycles. The number of primary amides is 1. The molecule has 0 aliphatic carbocycles. The molecule has 0 atom stereocenters. The quantitative estimate of drug-likeness (QED) is 0.383. The van der Waals surface area contributed by atoms with Gasteiger partial charge in [-0.25, -0.2) is 0 Å². The Morgan fingerprint density at radius 1 is 1.00 bits per heavy atom. The summed E-state index contributed by atoms with van der Waals surface area (Å²) in [5.74, 6) is -2.33. The van der Waals surface area contributed by atoms with Crippen molar-refractivity contribution < 1.29 is 22.5 Å². The number of carbonyl (C=O) groups is 1. The molecule has 0 fully saturated rings. The summed E-state index contributed by atoms with van der Waals surface area (Å²) in [7, 11) is 0. The van der Waals surface area contributed by atoms with E-state index in [2.05, 4.69) is 26.2 Å². The minimum Gasteiger partial charge on any atom is -0.366 e. The van der Waals surface area contributed by atoms with Crippen molar-refractivity contribution in [2.75, 3.05) is 0 Å². The second-order valence-corrected chi connectivity index (χ2v) is 7.54. The molecule has 0 aliphatic heterocycles. The lowest BCUT2D eigenvalue weighted by Crippen LogP contribution is -2.12. The monoisotopic (exact) mass is 450 g/mol. The van der Waals surface area contributed by atoms with E-state index in [4.69, 9.17) is 5.73 Å². The number of nitrogens with two attached hydrogens (primary N) is 1. The third kappa shape index (κ3) is 3.42. The first-order valence-electron chi connectivity index (χ1n) is 10.1. The topological polar surface area (TPSA) is 86.9 Å². The molecule has 2 aromatic heterocycles. The van der Waals surface area contributed by atoms with E-state index >= 15 is 0 Å². The normalized spacial score (nSPS) is 12.0. The molecule has 6 nitrogen and oxygen atoms in total. The van der Waals surface area contributed by atoms with Crippen molar-refractivity contribution in [3.8, 4) is 22.5 Å². The Hall–Kier alpha value is -4.14. The van der Waals surface area contributed by atoms with E-state index in [1.165, 1.54) is 12.1 Å². The fourth-order valence-corrected chi connectivity index (χ4v) is 4.15. The van der Waals surface area contributed by atoms with Gasteiger partial charge in [0.2, 0.25) is 11.7 Å². The van der Waals surface area contributed by atoms with Crippen molar-refractivity contribution in [1.29, 1.82) is 0 Å². The van der Waals surface area contributed by atoms with E-state index in [0.717, 1.165) is 28.4 Å². The molecule has 2 heterocycles. The van der Waals surface area contributed by atoms with E-state index in [-0.39, 0.29) is 17.0 Å². The highest BCUT2D eigenvalue weighted by molar-refractivity contribution is 6.10. The lowest BCUT2D eigenvalue weighted by atomic mass is 9.95. The highest BCUT2D eigenvalue weighted by Crippen LogP contribution is 2.36. The third-order valence-corrected chi connectivity index (χ3v) is 5.61. The van der Waals surface area contributed by atoms with Crippen molar-refractivity contribution in [3.63, 3.8) is 0 Å². The zero-order valence-corrected chi connectivity index (χ0v) is 17.3. The van der Waals surface area contributed by atoms with Crippen molar-refractivity contribution >= 4 is 27.7 Å². The molecule has 2 N–H and O–H groups in total. The molecule has 0 saturated heterocycles. The summed E-state index contributed by atoms with van der Waals surface area (Å²) in [5.41, 5.74) is 9.37. The highest BCUT2D eigenvalue weighted by atomic mass is 19.4. The number of para-hydroxylation sites is 1. The zero-order valence-electron chi connectivity index (χ0n) is 17.3. The van der Waals surface area contributed by atoms with Gasteiger partial charge in [-0.1, -0.05) is 35.5 Å². The summed E-state index contributed by atoms with van der Waals surface area (Å²) >= 11 is 0. The smallest absolute Gasteiger partial charge is 0.366 e. The number of rotatable bonds is 4.